The van der Waals surface area contributed by atoms with Crippen molar-refractivity contribution in [1.29, 1.82) is 5.26 Å². The molecule has 2 rings (SSSR count). The monoisotopic (exact) mass is 298 g/mol. The van der Waals surface area contributed by atoms with Crippen molar-refractivity contribution < 1.29 is 13.6 Å². The van der Waals surface area contributed by atoms with Crippen LogP contribution in [-0.2, 0) is 0 Å². The van der Waals surface area contributed by atoms with E-state index in [0.717, 1.165) is 31.4 Å². The number of hydrogen-bond acceptors (Lipinski definition) is 2. The van der Waals surface area contributed by atoms with Gasteiger partial charge in [-0.2, -0.15) is 5.26 Å². The van der Waals surface area contributed by atoms with Gasteiger partial charge < -0.3 is 5.32 Å². The van der Waals surface area contributed by atoms with E-state index in [-0.39, 0.29) is 5.02 Å². The van der Waals surface area contributed by atoms with Crippen LogP contribution in [0.3, 0.4) is 0 Å². The average molecular weight is 299 g/mol. The van der Waals surface area contributed by atoms with E-state index in [4.69, 9.17) is 11.6 Å². The summed E-state index contributed by atoms with van der Waals surface area (Å²) in [7, 11) is 0. The summed E-state index contributed by atoms with van der Waals surface area (Å²) in [4.78, 5) is 12.0. The van der Waals surface area contributed by atoms with Crippen molar-refractivity contribution in [3.05, 3.63) is 34.4 Å². The molecule has 0 radical (unpaired) electrons. The number of amides is 1. The van der Waals surface area contributed by atoms with Gasteiger partial charge in [-0.1, -0.05) is 30.9 Å². The van der Waals surface area contributed by atoms with E-state index in [2.05, 4.69) is 11.4 Å². The van der Waals surface area contributed by atoms with E-state index in [1.54, 1.807) is 0 Å². The van der Waals surface area contributed by atoms with Crippen molar-refractivity contribution in [3.8, 4) is 6.07 Å². The Labute approximate surface area is 120 Å². The Morgan fingerprint density at radius 3 is 2.50 bits per heavy atom. The largest absolute Gasteiger partial charge is 0.334 e. The number of carbonyl (C=O) groups excluding carboxylic acids is 1. The van der Waals surface area contributed by atoms with Gasteiger partial charge in [0.2, 0.25) is 0 Å². The number of rotatable bonds is 2. The Hall–Kier alpha value is -1.67. The van der Waals surface area contributed by atoms with Crippen LogP contribution in [0.2, 0.25) is 5.02 Å². The zero-order valence-electron chi connectivity index (χ0n) is 10.7. The minimum absolute atomic E-state index is 0.383. The van der Waals surface area contributed by atoms with Crippen molar-refractivity contribution >= 4 is 17.5 Å². The highest BCUT2D eigenvalue weighted by atomic mass is 35.5. The number of halogens is 3. The highest BCUT2D eigenvalue weighted by Crippen LogP contribution is 2.28. The third-order valence-electron chi connectivity index (χ3n) is 3.53. The molecule has 1 aromatic carbocycles. The van der Waals surface area contributed by atoms with Gasteiger partial charge in [-0.25, -0.2) is 8.78 Å². The Balaban J connectivity index is 2.24. The fraction of sp³-hybridized carbons (Fsp3) is 0.429. The third kappa shape index (κ3) is 2.91. The molecule has 20 heavy (non-hydrogen) atoms. The van der Waals surface area contributed by atoms with Crippen LogP contribution in [0.5, 0.6) is 0 Å². The van der Waals surface area contributed by atoms with Crippen LogP contribution in [-0.4, -0.2) is 11.4 Å². The zero-order chi connectivity index (χ0) is 14.8. The molecule has 0 atom stereocenters. The molecule has 1 aliphatic rings. The summed E-state index contributed by atoms with van der Waals surface area (Å²) in [5, 5.41) is 11.4. The third-order valence-corrected chi connectivity index (χ3v) is 3.82. The van der Waals surface area contributed by atoms with Crippen LogP contribution < -0.4 is 5.32 Å². The second-order valence-corrected chi connectivity index (χ2v) is 5.36. The SMILES string of the molecule is N#CC1(NC(=O)c2cc(F)c(Cl)cc2F)CCCCC1. The molecule has 1 aromatic rings. The van der Waals surface area contributed by atoms with Crippen LogP contribution in [0.4, 0.5) is 8.78 Å². The summed E-state index contributed by atoms with van der Waals surface area (Å²) in [5.41, 5.74) is -1.43. The summed E-state index contributed by atoms with van der Waals surface area (Å²) in [6, 6.07) is 3.60. The molecule has 0 aromatic heterocycles. The van der Waals surface area contributed by atoms with Gasteiger partial charge in [0.1, 0.15) is 17.2 Å². The van der Waals surface area contributed by atoms with Gasteiger partial charge in [0.25, 0.3) is 5.91 Å². The normalized spacial score (nSPS) is 17.3. The number of carbonyl (C=O) groups is 1. The Morgan fingerprint density at radius 2 is 1.90 bits per heavy atom. The topological polar surface area (TPSA) is 52.9 Å². The summed E-state index contributed by atoms with van der Waals surface area (Å²) in [5.74, 6) is -2.56. The first-order valence-corrected chi connectivity index (χ1v) is 6.73. The minimum Gasteiger partial charge on any atom is -0.334 e. The van der Waals surface area contributed by atoms with Gasteiger partial charge >= 0.3 is 0 Å². The van der Waals surface area contributed by atoms with E-state index in [1.807, 2.05) is 0 Å². The smallest absolute Gasteiger partial charge is 0.255 e. The highest BCUT2D eigenvalue weighted by Gasteiger charge is 2.34. The van der Waals surface area contributed by atoms with Crippen molar-refractivity contribution in [3.63, 3.8) is 0 Å². The Bertz CT molecular complexity index is 577. The lowest BCUT2D eigenvalue weighted by Crippen LogP contribution is -2.48. The van der Waals surface area contributed by atoms with Crippen LogP contribution in [0.25, 0.3) is 0 Å². The lowest BCUT2D eigenvalue weighted by atomic mass is 9.82. The van der Waals surface area contributed by atoms with E-state index >= 15 is 0 Å². The zero-order valence-corrected chi connectivity index (χ0v) is 11.4. The second kappa shape index (κ2) is 5.76. The fourth-order valence-electron chi connectivity index (χ4n) is 2.40. The maximum Gasteiger partial charge on any atom is 0.255 e. The molecule has 0 aliphatic heterocycles. The Morgan fingerprint density at radius 1 is 1.25 bits per heavy atom. The molecule has 3 nitrogen and oxygen atoms in total. The molecule has 1 N–H and O–H groups in total. The van der Waals surface area contributed by atoms with E-state index in [1.165, 1.54) is 0 Å². The lowest BCUT2D eigenvalue weighted by molar-refractivity contribution is 0.0898. The maximum atomic E-state index is 13.7. The first-order valence-electron chi connectivity index (χ1n) is 6.36. The molecule has 0 unspecified atom stereocenters. The highest BCUT2D eigenvalue weighted by molar-refractivity contribution is 6.30. The molecule has 1 fully saturated rings. The number of nitriles is 1. The molecule has 6 heteroatoms. The van der Waals surface area contributed by atoms with Crippen molar-refractivity contribution in [2.75, 3.05) is 0 Å². The summed E-state index contributed by atoms with van der Waals surface area (Å²) < 4.78 is 27.0. The lowest BCUT2D eigenvalue weighted by Gasteiger charge is -2.31. The van der Waals surface area contributed by atoms with Gasteiger partial charge in [-0.15, -0.1) is 0 Å². The molecular formula is C14H13ClF2N2O. The molecule has 0 saturated heterocycles. The molecule has 1 aliphatic carbocycles. The number of nitrogens with zero attached hydrogens (tertiary/aromatic N) is 1. The standard InChI is InChI=1S/C14H13ClF2N2O/c15-10-7-11(16)9(6-12(10)17)13(20)19-14(8-18)4-2-1-3-5-14/h6-7H,1-5H2,(H,19,20). The molecular weight excluding hydrogens is 286 g/mol. The maximum absolute atomic E-state index is 13.7. The average Bonchev–Trinajstić information content (AvgIpc) is 2.43. The summed E-state index contributed by atoms with van der Waals surface area (Å²) >= 11 is 5.44. The predicted molar refractivity (Wildman–Crippen MR) is 70.3 cm³/mol. The van der Waals surface area contributed by atoms with Gasteiger partial charge in [0.05, 0.1) is 16.7 Å². The summed E-state index contributed by atoms with van der Waals surface area (Å²) in [6.07, 6.45) is 3.69. The minimum atomic E-state index is -0.988. The van der Waals surface area contributed by atoms with Gasteiger partial charge in [-0.05, 0) is 25.0 Å². The van der Waals surface area contributed by atoms with Crippen molar-refractivity contribution in [2.45, 2.75) is 37.6 Å². The molecule has 0 bridgehead atoms. The Kier molecular flexibility index (Phi) is 4.24. The van der Waals surface area contributed by atoms with E-state index in [9.17, 15) is 18.8 Å². The van der Waals surface area contributed by atoms with Crippen LogP contribution in [0, 0.1) is 23.0 Å². The van der Waals surface area contributed by atoms with Crippen LogP contribution >= 0.6 is 11.6 Å². The van der Waals surface area contributed by atoms with E-state index in [0.29, 0.717) is 12.8 Å². The number of nitrogens with one attached hydrogen (secondary N) is 1. The van der Waals surface area contributed by atoms with E-state index < -0.39 is 28.6 Å². The van der Waals surface area contributed by atoms with Gasteiger partial charge in [-0.3, -0.25) is 4.79 Å². The molecule has 1 saturated carbocycles. The van der Waals surface area contributed by atoms with Gasteiger partial charge in [0, 0.05) is 0 Å². The predicted octanol–water partition coefficient (Wildman–Crippen LogP) is 3.57. The van der Waals surface area contributed by atoms with Gasteiger partial charge in [0.15, 0.2) is 0 Å². The fourth-order valence-corrected chi connectivity index (χ4v) is 2.55. The molecule has 0 spiro atoms. The first-order chi connectivity index (χ1) is 9.47. The molecule has 106 valence electrons. The number of hydrogen-bond donors (Lipinski definition) is 1. The second-order valence-electron chi connectivity index (χ2n) is 4.95. The van der Waals surface area contributed by atoms with Crippen molar-refractivity contribution in [1.82, 2.24) is 5.32 Å². The molecule has 1 amide bonds. The number of benzene rings is 1. The van der Waals surface area contributed by atoms with Crippen LogP contribution in [0.1, 0.15) is 42.5 Å². The summed E-state index contributed by atoms with van der Waals surface area (Å²) in [6.45, 7) is 0. The first kappa shape index (κ1) is 14.7. The van der Waals surface area contributed by atoms with Crippen molar-refractivity contribution in [2.24, 2.45) is 0 Å². The quantitative estimate of drug-likeness (QED) is 0.849. The van der Waals surface area contributed by atoms with Crippen LogP contribution in [0.15, 0.2) is 12.1 Å². The molecule has 0 heterocycles.